The quantitative estimate of drug-likeness (QED) is 0.285. The van der Waals surface area contributed by atoms with Crippen molar-refractivity contribution in [3.63, 3.8) is 0 Å². The SMILES string of the molecule is CCCC[P+](CCCC)(CCCC)CCCC.O=S(=O)([O-])c1ccccc1O. The first kappa shape index (κ1) is 27.4. The minimum atomic E-state index is -4.53. The van der Waals surface area contributed by atoms with Gasteiger partial charge in [0.15, 0.2) is 0 Å². The van der Waals surface area contributed by atoms with Crippen molar-refractivity contribution >= 4 is 17.4 Å². The molecule has 164 valence electrons. The number of benzene rings is 1. The Kier molecular flexibility index (Phi) is 14.9. The van der Waals surface area contributed by atoms with Gasteiger partial charge in [0.25, 0.3) is 0 Å². The average molecular weight is 433 g/mol. The highest BCUT2D eigenvalue weighted by Gasteiger charge is 2.34. The van der Waals surface area contributed by atoms with E-state index in [4.69, 9.17) is 5.11 Å². The van der Waals surface area contributed by atoms with E-state index in [-0.39, 0.29) is 0 Å². The van der Waals surface area contributed by atoms with E-state index in [1.54, 1.807) is 24.6 Å². The lowest BCUT2D eigenvalue weighted by Crippen LogP contribution is -2.12. The molecule has 4 nitrogen and oxygen atoms in total. The average Bonchev–Trinajstić information content (AvgIpc) is 2.67. The van der Waals surface area contributed by atoms with Crippen LogP contribution in [0, 0.1) is 0 Å². The Morgan fingerprint density at radius 1 is 0.786 bits per heavy atom. The fraction of sp³-hybridized carbons (Fsp3) is 0.727. The first-order valence-corrected chi connectivity index (χ1v) is 14.8. The van der Waals surface area contributed by atoms with Gasteiger partial charge >= 0.3 is 0 Å². The molecule has 0 heterocycles. The van der Waals surface area contributed by atoms with E-state index in [0.29, 0.717) is 0 Å². The Bertz CT molecular complexity index is 579. The molecule has 1 aromatic rings. The molecule has 0 spiro atoms. The van der Waals surface area contributed by atoms with E-state index >= 15 is 0 Å². The highest BCUT2D eigenvalue weighted by atomic mass is 32.2. The predicted octanol–water partition coefficient (Wildman–Crippen LogP) is 6.50. The minimum absolute atomic E-state index is 0.512. The molecule has 1 rings (SSSR count). The fourth-order valence-electron chi connectivity index (χ4n) is 3.31. The number of rotatable bonds is 13. The molecule has 1 aromatic carbocycles. The Morgan fingerprint density at radius 2 is 1.14 bits per heavy atom. The molecule has 0 atom stereocenters. The number of phenolic OH excluding ortho intramolecular Hbond substituents is 1. The molecule has 0 saturated carbocycles. The molecule has 0 unspecified atom stereocenters. The minimum Gasteiger partial charge on any atom is -0.744 e. The van der Waals surface area contributed by atoms with Crippen LogP contribution in [0.5, 0.6) is 5.75 Å². The Labute approximate surface area is 174 Å². The predicted molar refractivity (Wildman–Crippen MR) is 122 cm³/mol. The normalized spacial score (nSPS) is 11.8. The summed E-state index contributed by atoms with van der Waals surface area (Å²) in [5.74, 6) is -0.512. The first-order chi connectivity index (χ1) is 13.3. The maximum absolute atomic E-state index is 10.3. The van der Waals surface area contributed by atoms with Crippen LogP contribution in [0.3, 0.4) is 0 Å². The van der Waals surface area contributed by atoms with Gasteiger partial charge in [-0.2, -0.15) is 0 Å². The summed E-state index contributed by atoms with van der Waals surface area (Å²) in [4.78, 5) is -0.583. The van der Waals surface area contributed by atoms with Crippen LogP contribution in [0.1, 0.15) is 79.1 Å². The molecule has 0 saturated heterocycles. The van der Waals surface area contributed by atoms with Crippen molar-refractivity contribution in [1.29, 1.82) is 0 Å². The number of aromatic hydroxyl groups is 1. The van der Waals surface area contributed by atoms with Gasteiger partial charge in [0.2, 0.25) is 0 Å². The van der Waals surface area contributed by atoms with Crippen LogP contribution in [0.15, 0.2) is 29.2 Å². The molecular weight excluding hydrogens is 391 g/mol. The van der Waals surface area contributed by atoms with Crippen LogP contribution in [0.25, 0.3) is 0 Å². The second-order valence-corrected chi connectivity index (χ2v) is 13.4. The summed E-state index contributed by atoms with van der Waals surface area (Å²) < 4.78 is 31.0. The molecule has 0 bridgehead atoms. The molecule has 6 heteroatoms. The largest absolute Gasteiger partial charge is 0.744 e. The van der Waals surface area contributed by atoms with Gasteiger partial charge in [0.05, 0.1) is 29.5 Å². The summed E-state index contributed by atoms with van der Waals surface area (Å²) in [7, 11) is -5.10. The second-order valence-electron chi connectivity index (χ2n) is 7.57. The third-order valence-corrected chi connectivity index (χ3v) is 11.0. The molecule has 28 heavy (non-hydrogen) atoms. The molecule has 0 amide bonds. The van der Waals surface area contributed by atoms with Crippen LogP contribution < -0.4 is 0 Å². The fourth-order valence-corrected chi connectivity index (χ4v) is 9.17. The van der Waals surface area contributed by atoms with Crippen LogP contribution in [0.4, 0.5) is 0 Å². The molecule has 0 fully saturated rings. The summed E-state index contributed by atoms with van der Waals surface area (Å²) in [6.07, 6.45) is 17.9. The third-order valence-electron chi connectivity index (χ3n) is 5.08. The summed E-state index contributed by atoms with van der Waals surface area (Å²) in [6.45, 7) is 9.42. The maximum atomic E-state index is 10.3. The van der Waals surface area contributed by atoms with Crippen molar-refractivity contribution in [2.45, 2.75) is 84.0 Å². The lowest BCUT2D eigenvalue weighted by molar-refractivity contribution is 0.435. The van der Waals surface area contributed by atoms with Crippen molar-refractivity contribution in [1.82, 2.24) is 0 Å². The van der Waals surface area contributed by atoms with Gasteiger partial charge in [-0.3, -0.25) is 0 Å². The summed E-state index contributed by atoms with van der Waals surface area (Å²) >= 11 is 0. The highest BCUT2D eigenvalue weighted by molar-refractivity contribution is 7.85. The highest BCUT2D eigenvalue weighted by Crippen LogP contribution is 2.61. The van der Waals surface area contributed by atoms with Crippen molar-refractivity contribution < 1.29 is 18.1 Å². The Balaban J connectivity index is 0.000000567. The lowest BCUT2D eigenvalue weighted by atomic mass is 10.3. The molecule has 1 N–H and O–H groups in total. The van der Waals surface area contributed by atoms with Gasteiger partial charge in [0, 0.05) is 7.26 Å². The Morgan fingerprint density at radius 3 is 1.39 bits per heavy atom. The van der Waals surface area contributed by atoms with E-state index in [2.05, 4.69) is 27.7 Å². The van der Waals surface area contributed by atoms with Gasteiger partial charge in [-0.25, -0.2) is 8.42 Å². The number of phenols is 1. The van der Waals surface area contributed by atoms with Gasteiger partial charge in [-0.05, 0) is 37.8 Å². The summed E-state index contributed by atoms with van der Waals surface area (Å²) in [5.41, 5.74) is 0. The zero-order valence-corrected chi connectivity index (χ0v) is 20.0. The van der Waals surface area contributed by atoms with Crippen LogP contribution in [-0.4, -0.2) is 42.7 Å². The van der Waals surface area contributed by atoms with E-state index in [1.807, 2.05) is 0 Å². The molecule has 0 aliphatic carbocycles. The molecule has 0 radical (unpaired) electrons. The monoisotopic (exact) mass is 432 g/mol. The zero-order valence-electron chi connectivity index (χ0n) is 18.3. The molecule has 0 aromatic heterocycles. The van der Waals surface area contributed by atoms with Gasteiger partial charge < -0.3 is 9.66 Å². The van der Waals surface area contributed by atoms with Crippen molar-refractivity contribution in [2.75, 3.05) is 24.6 Å². The Hall–Kier alpha value is -0.640. The van der Waals surface area contributed by atoms with Crippen molar-refractivity contribution in [3.05, 3.63) is 24.3 Å². The van der Waals surface area contributed by atoms with Crippen LogP contribution in [-0.2, 0) is 10.1 Å². The van der Waals surface area contributed by atoms with Crippen molar-refractivity contribution in [2.24, 2.45) is 0 Å². The van der Waals surface area contributed by atoms with E-state index in [1.165, 1.54) is 63.5 Å². The summed E-state index contributed by atoms with van der Waals surface area (Å²) in [5, 5.41) is 8.87. The second kappa shape index (κ2) is 15.2. The zero-order chi connectivity index (χ0) is 21.5. The molecular formula is C22H41O4PS. The molecule has 0 aliphatic rings. The number of para-hydroxylation sites is 1. The topological polar surface area (TPSA) is 77.4 Å². The lowest BCUT2D eigenvalue weighted by Gasteiger charge is -2.28. The number of hydrogen-bond acceptors (Lipinski definition) is 4. The van der Waals surface area contributed by atoms with Gasteiger partial charge in [-0.15, -0.1) is 0 Å². The third kappa shape index (κ3) is 11.4. The van der Waals surface area contributed by atoms with Gasteiger partial charge in [-0.1, -0.05) is 65.5 Å². The van der Waals surface area contributed by atoms with Gasteiger partial charge in [0.1, 0.15) is 15.9 Å². The van der Waals surface area contributed by atoms with Crippen LogP contribution >= 0.6 is 7.26 Å². The number of hydrogen-bond donors (Lipinski definition) is 1. The number of unbranched alkanes of at least 4 members (excludes halogenated alkanes) is 4. The van der Waals surface area contributed by atoms with Crippen molar-refractivity contribution in [3.8, 4) is 5.75 Å². The van der Waals surface area contributed by atoms with E-state index in [9.17, 15) is 13.0 Å². The molecule has 0 aliphatic heterocycles. The summed E-state index contributed by atoms with van der Waals surface area (Å²) in [6, 6.07) is 5.00. The van der Waals surface area contributed by atoms with E-state index in [0.717, 1.165) is 12.1 Å². The van der Waals surface area contributed by atoms with Crippen LogP contribution in [0.2, 0.25) is 0 Å². The smallest absolute Gasteiger partial charge is 0.133 e. The standard InChI is InChI=1S/C16H36P.C6H6O4S/c1-5-9-13-17(14-10-6-2,15-11-7-3)16-12-8-4;7-5-3-1-2-4-6(5)11(8,9)10/h5-16H2,1-4H3;1-4,7H,(H,8,9,10)/q+1;/p-1. The maximum Gasteiger partial charge on any atom is 0.133 e. The first-order valence-electron chi connectivity index (χ1n) is 10.8. The van der Waals surface area contributed by atoms with E-state index < -0.39 is 28.0 Å².